The van der Waals surface area contributed by atoms with Crippen molar-refractivity contribution in [3.63, 3.8) is 0 Å². The van der Waals surface area contributed by atoms with E-state index in [2.05, 4.69) is 10.1 Å². The maximum absolute atomic E-state index is 13.0. The van der Waals surface area contributed by atoms with E-state index in [1.54, 1.807) is 24.3 Å². The molecule has 0 radical (unpaired) electrons. The molecule has 0 unspecified atom stereocenters. The fraction of sp³-hybridized carbons (Fsp3) is 0.222. The van der Waals surface area contributed by atoms with Crippen molar-refractivity contribution < 1.29 is 17.3 Å². The van der Waals surface area contributed by atoms with Gasteiger partial charge in [-0.05, 0) is 55.9 Å². The summed E-state index contributed by atoms with van der Waals surface area (Å²) in [4.78, 5) is 6.39. The minimum atomic E-state index is -3.71. The Morgan fingerprint density at radius 2 is 1.78 bits per heavy atom. The average Bonchev–Trinajstić information content (AvgIpc) is 3.09. The molecule has 0 aliphatic rings. The number of nitrogens with zero attached hydrogens (tertiary/aromatic N) is 3. The lowest BCUT2D eigenvalue weighted by Crippen LogP contribution is -2.22. The molecule has 2 aromatic carbocycles. The maximum Gasteiger partial charge on any atom is 0.241 e. The van der Waals surface area contributed by atoms with E-state index in [0.717, 1.165) is 5.56 Å². The Balaban J connectivity index is 1.69. The molecule has 142 valence electrons. The summed E-state index contributed by atoms with van der Waals surface area (Å²) in [5, 5.41) is 9.04. The van der Waals surface area contributed by atoms with Crippen molar-refractivity contribution in [3.8, 4) is 11.4 Å². The second kappa shape index (κ2) is 7.55. The van der Waals surface area contributed by atoms with Gasteiger partial charge >= 0.3 is 0 Å². The Morgan fingerprint density at radius 3 is 2.37 bits per heavy atom. The molecule has 3 aromatic rings. The van der Waals surface area contributed by atoms with Gasteiger partial charge in [0.1, 0.15) is 5.82 Å². The monoisotopic (exact) mass is 390 g/mol. The standard InChI is InChI=1S/C18H19FN4O3S/c1-12(13-5-9-16(10-6-13)27(20,24)25)23(2)11-17-21-18(22-26-17)14-3-7-15(19)8-4-14/h3-10,12H,11H2,1-2H3,(H2,20,24,25)/t12-/m1/s1. The van der Waals surface area contributed by atoms with Gasteiger partial charge in [-0.3, -0.25) is 4.90 Å². The van der Waals surface area contributed by atoms with Gasteiger partial charge in [0.25, 0.3) is 0 Å². The lowest BCUT2D eigenvalue weighted by Gasteiger charge is -2.23. The number of hydrogen-bond donors (Lipinski definition) is 1. The normalized spacial score (nSPS) is 13.1. The molecule has 1 atom stereocenters. The number of benzene rings is 2. The van der Waals surface area contributed by atoms with Crippen LogP contribution in [0.2, 0.25) is 0 Å². The molecule has 0 saturated heterocycles. The molecule has 0 bridgehead atoms. The van der Waals surface area contributed by atoms with Gasteiger partial charge in [0.2, 0.25) is 21.7 Å². The Kier molecular flexibility index (Phi) is 5.36. The highest BCUT2D eigenvalue weighted by atomic mass is 32.2. The minimum Gasteiger partial charge on any atom is -0.338 e. The van der Waals surface area contributed by atoms with Crippen LogP contribution in [0.15, 0.2) is 57.9 Å². The van der Waals surface area contributed by atoms with E-state index in [1.165, 1.54) is 24.3 Å². The molecule has 3 rings (SSSR count). The molecule has 0 amide bonds. The van der Waals surface area contributed by atoms with Gasteiger partial charge < -0.3 is 4.52 Å². The van der Waals surface area contributed by atoms with E-state index < -0.39 is 10.0 Å². The summed E-state index contributed by atoms with van der Waals surface area (Å²) >= 11 is 0. The summed E-state index contributed by atoms with van der Waals surface area (Å²) in [6, 6.07) is 12.2. The van der Waals surface area contributed by atoms with Crippen LogP contribution in [0, 0.1) is 5.82 Å². The summed E-state index contributed by atoms with van der Waals surface area (Å²) in [5.41, 5.74) is 1.59. The zero-order valence-corrected chi connectivity index (χ0v) is 15.6. The van der Waals surface area contributed by atoms with E-state index in [4.69, 9.17) is 9.66 Å². The quantitative estimate of drug-likeness (QED) is 0.694. The van der Waals surface area contributed by atoms with Crippen LogP contribution in [0.1, 0.15) is 24.4 Å². The first-order chi connectivity index (χ1) is 12.7. The first-order valence-corrected chi connectivity index (χ1v) is 9.70. The summed E-state index contributed by atoms with van der Waals surface area (Å²) in [5.74, 6) is 0.484. The average molecular weight is 390 g/mol. The van der Waals surface area contributed by atoms with Crippen molar-refractivity contribution in [3.05, 3.63) is 65.8 Å². The van der Waals surface area contributed by atoms with E-state index in [9.17, 15) is 12.8 Å². The van der Waals surface area contributed by atoms with Crippen LogP contribution in [0.25, 0.3) is 11.4 Å². The second-order valence-corrected chi connectivity index (χ2v) is 7.79. The number of hydrogen-bond acceptors (Lipinski definition) is 6. The van der Waals surface area contributed by atoms with E-state index >= 15 is 0 Å². The Hall–Kier alpha value is -2.62. The molecule has 0 aliphatic carbocycles. The molecular weight excluding hydrogens is 371 g/mol. The first kappa shape index (κ1) is 19.2. The zero-order chi connectivity index (χ0) is 19.6. The van der Waals surface area contributed by atoms with E-state index in [0.29, 0.717) is 23.8 Å². The van der Waals surface area contributed by atoms with E-state index in [1.807, 2.05) is 18.9 Å². The molecule has 1 aromatic heterocycles. The fourth-order valence-corrected chi connectivity index (χ4v) is 3.09. The molecule has 2 N–H and O–H groups in total. The van der Waals surface area contributed by atoms with Gasteiger partial charge in [0.05, 0.1) is 11.4 Å². The summed E-state index contributed by atoms with van der Waals surface area (Å²) in [6.07, 6.45) is 0. The Labute approximate surface area is 156 Å². The van der Waals surface area contributed by atoms with Crippen LogP contribution >= 0.6 is 0 Å². The first-order valence-electron chi connectivity index (χ1n) is 8.15. The molecule has 0 aliphatic heterocycles. The number of nitrogens with two attached hydrogens (primary N) is 1. The van der Waals surface area contributed by atoms with Crippen molar-refractivity contribution >= 4 is 10.0 Å². The number of aromatic nitrogens is 2. The fourth-order valence-electron chi connectivity index (χ4n) is 2.58. The Morgan fingerprint density at radius 1 is 1.15 bits per heavy atom. The molecule has 9 heteroatoms. The van der Waals surface area contributed by atoms with Crippen LogP contribution in [-0.2, 0) is 16.6 Å². The molecule has 1 heterocycles. The van der Waals surface area contributed by atoms with Crippen molar-refractivity contribution in [1.82, 2.24) is 15.0 Å². The van der Waals surface area contributed by atoms with Gasteiger partial charge in [-0.2, -0.15) is 4.98 Å². The second-order valence-electron chi connectivity index (χ2n) is 6.22. The minimum absolute atomic E-state index is 0.0271. The van der Waals surface area contributed by atoms with Crippen LogP contribution < -0.4 is 5.14 Å². The zero-order valence-electron chi connectivity index (χ0n) is 14.8. The summed E-state index contributed by atoms with van der Waals surface area (Å²) in [6.45, 7) is 2.37. The predicted octanol–water partition coefficient (Wildman–Crippen LogP) is 2.72. The van der Waals surface area contributed by atoms with Crippen molar-refractivity contribution in [2.75, 3.05) is 7.05 Å². The highest BCUT2D eigenvalue weighted by molar-refractivity contribution is 7.89. The lowest BCUT2D eigenvalue weighted by atomic mass is 10.1. The van der Waals surface area contributed by atoms with E-state index in [-0.39, 0.29) is 16.8 Å². The topological polar surface area (TPSA) is 102 Å². The molecular formula is C18H19FN4O3S. The third-order valence-electron chi connectivity index (χ3n) is 4.31. The van der Waals surface area contributed by atoms with Crippen LogP contribution in [0.3, 0.4) is 0 Å². The Bertz CT molecular complexity index is 1020. The molecule has 7 nitrogen and oxygen atoms in total. The third kappa shape index (κ3) is 4.57. The largest absolute Gasteiger partial charge is 0.338 e. The molecule has 27 heavy (non-hydrogen) atoms. The van der Waals surface area contributed by atoms with Crippen molar-refractivity contribution in [2.45, 2.75) is 24.4 Å². The highest BCUT2D eigenvalue weighted by Gasteiger charge is 2.17. The van der Waals surface area contributed by atoms with Crippen molar-refractivity contribution in [2.24, 2.45) is 5.14 Å². The summed E-state index contributed by atoms with van der Waals surface area (Å²) in [7, 11) is -1.82. The van der Waals surface area contributed by atoms with Gasteiger partial charge in [0, 0.05) is 11.6 Å². The smallest absolute Gasteiger partial charge is 0.241 e. The van der Waals surface area contributed by atoms with Gasteiger partial charge in [-0.25, -0.2) is 17.9 Å². The van der Waals surface area contributed by atoms with Crippen LogP contribution in [0.5, 0.6) is 0 Å². The van der Waals surface area contributed by atoms with Crippen molar-refractivity contribution in [1.29, 1.82) is 0 Å². The van der Waals surface area contributed by atoms with Crippen LogP contribution in [-0.4, -0.2) is 30.5 Å². The third-order valence-corrected chi connectivity index (χ3v) is 5.24. The maximum atomic E-state index is 13.0. The predicted molar refractivity (Wildman–Crippen MR) is 97.4 cm³/mol. The lowest BCUT2D eigenvalue weighted by molar-refractivity contribution is 0.216. The van der Waals surface area contributed by atoms with Gasteiger partial charge in [0.15, 0.2) is 0 Å². The molecule has 0 spiro atoms. The summed E-state index contributed by atoms with van der Waals surface area (Å²) < 4.78 is 41.0. The SMILES string of the molecule is C[C@H](c1ccc(S(N)(=O)=O)cc1)N(C)Cc1nc(-c2ccc(F)cc2)no1. The van der Waals surface area contributed by atoms with Crippen LogP contribution in [0.4, 0.5) is 4.39 Å². The highest BCUT2D eigenvalue weighted by Crippen LogP contribution is 2.23. The number of rotatable bonds is 6. The number of sulfonamides is 1. The van der Waals surface area contributed by atoms with Gasteiger partial charge in [-0.15, -0.1) is 0 Å². The number of primary sulfonamides is 1. The number of halogens is 1. The molecule has 0 saturated carbocycles. The van der Waals surface area contributed by atoms with Gasteiger partial charge in [-0.1, -0.05) is 17.3 Å². The molecule has 0 fully saturated rings.